The maximum Gasteiger partial charge on any atom is 0.122 e. The van der Waals surface area contributed by atoms with Crippen molar-refractivity contribution < 1.29 is 4.74 Å². The molecule has 0 radical (unpaired) electrons. The van der Waals surface area contributed by atoms with E-state index in [1.807, 2.05) is 6.07 Å². The van der Waals surface area contributed by atoms with Crippen LogP contribution in [0, 0.1) is 19.8 Å². The van der Waals surface area contributed by atoms with Gasteiger partial charge in [0.05, 0.1) is 7.11 Å². The van der Waals surface area contributed by atoms with Crippen LogP contribution in [0.2, 0.25) is 0 Å². The van der Waals surface area contributed by atoms with E-state index in [0.29, 0.717) is 5.92 Å². The van der Waals surface area contributed by atoms with Crippen molar-refractivity contribution in [2.75, 3.05) is 32.1 Å². The third kappa shape index (κ3) is 3.16. The first-order valence-electron chi connectivity index (χ1n) is 6.60. The number of nitrogens with two attached hydrogens (primary N) is 1. The quantitative estimate of drug-likeness (QED) is 0.843. The molecule has 2 N–H and O–H groups in total. The van der Waals surface area contributed by atoms with Crippen molar-refractivity contribution in [3.63, 3.8) is 0 Å². The van der Waals surface area contributed by atoms with Gasteiger partial charge >= 0.3 is 0 Å². The smallest absolute Gasteiger partial charge is 0.122 e. The SMILES string of the molecule is CCC(CN)CN(C)c1ccc(OC)c(C)c1C. The van der Waals surface area contributed by atoms with E-state index in [-0.39, 0.29) is 0 Å². The van der Waals surface area contributed by atoms with Crippen molar-refractivity contribution in [3.05, 3.63) is 23.3 Å². The molecule has 0 aromatic heterocycles. The Kier molecular flexibility index (Phi) is 5.48. The van der Waals surface area contributed by atoms with Crippen LogP contribution in [0.1, 0.15) is 24.5 Å². The van der Waals surface area contributed by atoms with Crippen LogP contribution >= 0.6 is 0 Å². The first-order valence-corrected chi connectivity index (χ1v) is 6.60. The normalized spacial score (nSPS) is 12.3. The second kappa shape index (κ2) is 6.64. The summed E-state index contributed by atoms with van der Waals surface area (Å²) in [5.41, 5.74) is 9.53. The van der Waals surface area contributed by atoms with E-state index in [1.54, 1.807) is 7.11 Å². The summed E-state index contributed by atoms with van der Waals surface area (Å²) in [6.45, 7) is 8.19. The minimum atomic E-state index is 0.553. The molecule has 1 aromatic carbocycles. The number of hydrogen-bond donors (Lipinski definition) is 1. The van der Waals surface area contributed by atoms with Gasteiger partial charge < -0.3 is 15.4 Å². The molecule has 0 aliphatic rings. The molecular formula is C15H26N2O. The van der Waals surface area contributed by atoms with Crippen molar-refractivity contribution in [1.82, 2.24) is 0 Å². The molecule has 102 valence electrons. The summed E-state index contributed by atoms with van der Waals surface area (Å²) in [5, 5.41) is 0. The van der Waals surface area contributed by atoms with Gasteiger partial charge in [0.2, 0.25) is 0 Å². The molecule has 0 aliphatic heterocycles. The third-order valence-corrected chi connectivity index (χ3v) is 3.78. The topological polar surface area (TPSA) is 38.5 Å². The Morgan fingerprint density at radius 3 is 2.44 bits per heavy atom. The van der Waals surface area contributed by atoms with Crippen LogP contribution in [0.4, 0.5) is 5.69 Å². The molecule has 3 heteroatoms. The van der Waals surface area contributed by atoms with Gasteiger partial charge in [-0.15, -0.1) is 0 Å². The van der Waals surface area contributed by atoms with Crippen LogP contribution in [0.15, 0.2) is 12.1 Å². The molecule has 0 saturated carbocycles. The lowest BCUT2D eigenvalue weighted by Gasteiger charge is -2.27. The Hall–Kier alpha value is -1.22. The molecule has 1 rings (SSSR count). The van der Waals surface area contributed by atoms with Gasteiger partial charge in [-0.2, -0.15) is 0 Å². The molecule has 3 nitrogen and oxygen atoms in total. The van der Waals surface area contributed by atoms with E-state index in [0.717, 1.165) is 25.3 Å². The summed E-state index contributed by atoms with van der Waals surface area (Å²) in [7, 11) is 3.85. The fourth-order valence-electron chi connectivity index (χ4n) is 2.27. The first-order chi connectivity index (χ1) is 8.54. The lowest BCUT2D eigenvalue weighted by molar-refractivity contribution is 0.411. The van der Waals surface area contributed by atoms with Crippen LogP contribution in [0.5, 0.6) is 5.75 Å². The molecule has 0 aliphatic carbocycles. The molecular weight excluding hydrogens is 224 g/mol. The highest BCUT2D eigenvalue weighted by Gasteiger charge is 2.13. The Bertz CT molecular complexity index is 386. The summed E-state index contributed by atoms with van der Waals surface area (Å²) in [4.78, 5) is 2.29. The van der Waals surface area contributed by atoms with E-state index >= 15 is 0 Å². The monoisotopic (exact) mass is 250 g/mol. The van der Waals surface area contributed by atoms with Crippen LogP contribution in [-0.4, -0.2) is 27.2 Å². The Morgan fingerprint density at radius 1 is 1.28 bits per heavy atom. The Morgan fingerprint density at radius 2 is 1.94 bits per heavy atom. The Labute approximate surface area is 111 Å². The number of nitrogens with zero attached hydrogens (tertiary/aromatic N) is 1. The highest BCUT2D eigenvalue weighted by Crippen LogP contribution is 2.29. The molecule has 1 atom stereocenters. The highest BCUT2D eigenvalue weighted by molar-refractivity contribution is 5.59. The molecule has 0 heterocycles. The summed E-state index contributed by atoms with van der Waals surface area (Å²) in [6.07, 6.45) is 1.12. The fourth-order valence-corrected chi connectivity index (χ4v) is 2.27. The molecule has 0 bridgehead atoms. The molecule has 0 amide bonds. The zero-order valence-electron chi connectivity index (χ0n) is 12.3. The standard InChI is InChI=1S/C15H26N2O/c1-6-13(9-16)10-17(4)14-7-8-15(18-5)12(3)11(14)2/h7-8,13H,6,9-10,16H2,1-5H3. The number of methoxy groups -OCH3 is 1. The second-order valence-corrected chi connectivity index (χ2v) is 4.93. The number of ether oxygens (including phenoxy) is 1. The van der Waals surface area contributed by atoms with E-state index in [4.69, 9.17) is 10.5 Å². The number of rotatable bonds is 6. The predicted octanol–water partition coefficient (Wildman–Crippen LogP) is 2.73. The minimum Gasteiger partial charge on any atom is -0.496 e. The van der Waals surface area contributed by atoms with Gasteiger partial charge in [0.1, 0.15) is 5.75 Å². The summed E-state index contributed by atoms with van der Waals surface area (Å²) in [6, 6.07) is 4.17. The lowest BCUT2D eigenvalue weighted by Crippen LogP contribution is -2.30. The molecule has 0 saturated heterocycles. The van der Waals surface area contributed by atoms with Gasteiger partial charge in [0, 0.05) is 19.3 Å². The summed E-state index contributed by atoms with van der Waals surface area (Å²) in [5.74, 6) is 1.51. The van der Waals surface area contributed by atoms with Gasteiger partial charge in [-0.1, -0.05) is 13.3 Å². The van der Waals surface area contributed by atoms with E-state index < -0.39 is 0 Å². The van der Waals surface area contributed by atoms with E-state index in [1.165, 1.54) is 16.8 Å². The molecule has 18 heavy (non-hydrogen) atoms. The van der Waals surface area contributed by atoms with Crippen LogP contribution in [0.3, 0.4) is 0 Å². The summed E-state index contributed by atoms with van der Waals surface area (Å²) < 4.78 is 5.35. The van der Waals surface area contributed by atoms with Crippen molar-refractivity contribution in [2.45, 2.75) is 27.2 Å². The minimum absolute atomic E-state index is 0.553. The van der Waals surface area contributed by atoms with Crippen molar-refractivity contribution in [2.24, 2.45) is 11.7 Å². The second-order valence-electron chi connectivity index (χ2n) is 4.93. The molecule has 1 unspecified atom stereocenters. The molecule has 1 aromatic rings. The number of anilines is 1. The first kappa shape index (κ1) is 14.8. The van der Waals surface area contributed by atoms with Gasteiger partial charge in [0.15, 0.2) is 0 Å². The predicted molar refractivity (Wildman–Crippen MR) is 78.6 cm³/mol. The Balaban J connectivity index is 2.93. The van der Waals surface area contributed by atoms with Crippen LogP contribution < -0.4 is 15.4 Å². The molecule has 0 spiro atoms. The van der Waals surface area contributed by atoms with Crippen LogP contribution in [0.25, 0.3) is 0 Å². The zero-order valence-corrected chi connectivity index (χ0v) is 12.3. The zero-order chi connectivity index (χ0) is 13.7. The average Bonchev–Trinajstić information content (AvgIpc) is 2.38. The van der Waals surface area contributed by atoms with Gasteiger partial charge in [0.25, 0.3) is 0 Å². The maximum absolute atomic E-state index is 5.78. The third-order valence-electron chi connectivity index (χ3n) is 3.78. The van der Waals surface area contributed by atoms with Crippen molar-refractivity contribution in [1.29, 1.82) is 0 Å². The average molecular weight is 250 g/mol. The lowest BCUT2D eigenvalue weighted by atomic mass is 10.0. The largest absolute Gasteiger partial charge is 0.496 e. The fraction of sp³-hybridized carbons (Fsp3) is 0.600. The van der Waals surface area contributed by atoms with Crippen LogP contribution in [-0.2, 0) is 0 Å². The van der Waals surface area contributed by atoms with Crippen molar-refractivity contribution >= 4 is 5.69 Å². The van der Waals surface area contributed by atoms with Gasteiger partial charge in [-0.25, -0.2) is 0 Å². The molecule has 0 fully saturated rings. The van der Waals surface area contributed by atoms with Gasteiger partial charge in [-0.05, 0) is 49.6 Å². The van der Waals surface area contributed by atoms with E-state index in [2.05, 4.69) is 38.8 Å². The van der Waals surface area contributed by atoms with Gasteiger partial charge in [-0.3, -0.25) is 0 Å². The number of benzene rings is 1. The maximum atomic E-state index is 5.78. The summed E-state index contributed by atoms with van der Waals surface area (Å²) >= 11 is 0. The highest BCUT2D eigenvalue weighted by atomic mass is 16.5. The number of hydrogen-bond acceptors (Lipinski definition) is 3. The van der Waals surface area contributed by atoms with Crippen molar-refractivity contribution in [3.8, 4) is 5.75 Å². The van der Waals surface area contributed by atoms with E-state index in [9.17, 15) is 0 Å².